The number of nitrogens with one attached hydrogen (secondary N) is 1. The van der Waals surface area contributed by atoms with Gasteiger partial charge in [0.25, 0.3) is 0 Å². The predicted octanol–water partition coefficient (Wildman–Crippen LogP) is 3.06. The highest BCUT2D eigenvalue weighted by atomic mass is 32.1. The molecule has 2 aromatic rings. The lowest BCUT2D eigenvalue weighted by molar-refractivity contribution is -0.122. The lowest BCUT2D eigenvalue weighted by atomic mass is 9.98. The third-order valence-electron chi connectivity index (χ3n) is 3.67. The number of carbonyl (C=O) groups excluding carboxylic acids is 1. The molecule has 21 heavy (non-hydrogen) atoms. The molecule has 0 saturated heterocycles. The topological polar surface area (TPSA) is 32.3 Å². The minimum Gasteiger partial charge on any atom is -0.352 e. The van der Waals surface area contributed by atoms with Crippen LogP contribution in [-0.2, 0) is 11.2 Å². The van der Waals surface area contributed by atoms with Gasteiger partial charge in [-0.3, -0.25) is 9.69 Å². The number of hydrogen-bond acceptors (Lipinski definition) is 4. The van der Waals surface area contributed by atoms with Gasteiger partial charge in [-0.25, -0.2) is 0 Å². The summed E-state index contributed by atoms with van der Waals surface area (Å²) < 4.78 is 0. The number of rotatable bonds is 5. The first-order valence-electron chi connectivity index (χ1n) is 7.01. The minimum absolute atomic E-state index is 0.0649. The molecule has 1 amide bonds. The van der Waals surface area contributed by atoms with E-state index in [1.165, 1.54) is 15.3 Å². The molecule has 3 heterocycles. The number of thiophene rings is 2. The monoisotopic (exact) mass is 318 g/mol. The molecule has 0 radical (unpaired) electrons. The van der Waals surface area contributed by atoms with Gasteiger partial charge >= 0.3 is 0 Å². The van der Waals surface area contributed by atoms with Crippen LogP contribution in [0.5, 0.6) is 0 Å². The van der Waals surface area contributed by atoms with Crippen LogP contribution < -0.4 is 5.32 Å². The first-order valence-corrected chi connectivity index (χ1v) is 8.77. The maximum absolute atomic E-state index is 12.0. The molecule has 1 aliphatic rings. The number of amides is 1. The molecule has 1 N–H and O–H groups in total. The van der Waals surface area contributed by atoms with Crippen LogP contribution in [0.1, 0.15) is 21.4 Å². The number of carbonyl (C=O) groups is 1. The SMILES string of the molecule is C=CCNC(=O)CN1CCc2sccc2[C@H]1c1cccs1. The van der Waals surface area contributed by atoms with E-state index in [0.717, 1.165) is 13.0 Å². The van der Waals surface area contributed by atoms with E-state index >= 15 is 0 Å². The Morgan fingerprint density at radius 2 is 2.33 bits per heavy atom. The summed E-state index contributed by atoms with van der Waals surface area (Å²) in [6, 6.07) is 6.67. The third-order valence-corrected chi connectivity index (χ3v) is 5.59. The summed E-state index contributed by atoms with van der Waals surface area (Å²) in [6.07, 6.45) is 2.74. The van der Waals surface area contributed by atoms with Gasteiger partial charge in [0.1, 0.15) is 0 Å². The Kier molecular flexibility index (Phi) is 4.53. The van der Waals surface area contributed by atoms with E-state index in [9.17, 15) is 4.79 Å². The number of nitrogens with zero attached hydrogens (tertiary/aromatic N) is 1. The van der Waals surface area contributed by atoms with Gasteiger partial charge < -0.3 is 5.32 Å². The van der Waals surface area contributed by atoms with Crippen molar-refractivity contribution in [3.05, 3.63) is 56.9 Å². The van der Waals surface area contributed by atoms with E-state index in [-0.39, 0.29) is 11.9 Å². The highest BCUT2D eigenvalue weighted by molar-refractivity contribution is 7.10. The lowest BCUT2D eigenvalue weighted by Crippen LogP contribution is -2.42. The van der Waals surface area contributed by atoms with E-state index in [1.807, 2.05) is 11.3 Å². The molecule has 0 aliphatic carbocycles. The highest BCUT2D eigenvalue weighted by Crippen LogP contribution is 2.39. The molecule has 3 rings (SSSR count). The van der Waals surface area contributed by atoms with Gasteiger partial charge in [-0.05, 0) is 34.9 Å². The van der Waals surface area contributed by atoms with Gasteiger partial charge in [-0.1, -0.05) is 12.1 Å². The van der Waals surface area contributed by atoms with Gasteiger partial charge in [0.2, 0.25) is 5.91 Å². The van der Waals surface area contributed by atoms with Crippen LogP contribution in [0.2, 0.25) is 0 Å². The van der Waals surface area contributed by atoms with Crippen molar-refractivity contribution in [2.24, 2.45) is 0 Å². The van der Waals surface area contributed by atoms with Gasteiger partial charge in [-0.2, -0.15) is 0 Å². The van der Waals surface area contributed by atoms with Crippen LogP contribution >= 0.6 is 22.7 Å². The average molecular weight is 318 g/mol. The summed E-state index contributed by atoms with van der Waals surface area (Å²) in [6.45, 7) is 5.52. The second kappa shape index (κ2) is 6.56. The molecule has 3 nitrogen and oxygen atoms in total. The van der Waals surface area contributed by atoms with E-state index in [0.29, 0.717) is 13.1 Å². The molecule has 0 unspecified atom stereocenters. The van der Waals surface area contributed by atoms with Gasteiger partial charge in [0, 0.05) is 22.8 Å². The quantitative estimate of drug-likeness (QED) is 0.859. The number of fused-ring (bicyclic) bond motifs is 1. The van der Waals surface area contributed by atoms with E-state index < -0.39 is 0 Å². The molecular formula is C16H18N2OS2. The maximum Gasteiger partial charge on any atom is 0.234 e. The molecule has 0 fully saturated rings. The smallest absolute Gasteiger partial charge is 0.234 e. The molecular weight excluding hydrogens is 300 g/mol. The molecule has 0 spiro atoms. The van der Waals surface area contributed by atoms with Crippen molar-refractivity contribution in [2.75, 3.05) is 19.6 Å². The molecule has 0 aromatic carbocycles. The second-order valence-corrected chi connectivity index (χ2v) is 7.01. The largest absolute Gasteiger partial charge is 0.352 e. The van der Waals surface area contributed by atoms with Crippen LogP contribution in [0.15, 0.2) is 41.6 Å². The maximum atomic E-state index is 12.0. The van der Waals surface area contributed by atoms with Crippen molar-refractivity contribution >= 4 is 28.6 Å². The first-order chi connectivity index (χ1) is 10.3. The van der Waals surface area contributed by atoms with Crippen molar-refractivity contribution < 1.29 is 4.79 Å². The summed E-state index contributed by atoms with van der Waals surface area (Å²) >= 11 is 3.59. The van der Waals surface area contributed by atoms with Gasteiger partial charge in [-0.15, -0.1) is 29.3 Å². The Balaban J connectivity index is 1.83. The fraction of sp³-hybridized carbons (Fsp3) is 0.312. The zero-order valence-electron chi connectivity index (χ0n) is 11.7. The Morgan fingerprint density at radius 1 is 1.43 bits per heavy atom. The van der Waals surface area contributed by atoms with Crippen LogP contribution in [0, 0.1) is 0 Å². The van der Waals surface area contributed by atoms with E-state index in [1.54, 1.807) is 17.4 Å². The zero-order valence-corrected chi connectivity index (χ0v) is 13.4. The summed E-state index contributed by atoms with van der Waals surface area (Å²) in [4.78, 5) is 17.1. The third kappa shape index (κ3) is 3.10. The molecule has 0 saturated carbocycles. The number of hydrogen-bond donors (Lipinski definition) is 1. The molecule has 1 aliphatic heterocycles. The molecule has 0 bridgehead atoms. The molecule has 1 atom stereocenters. The first kappa shape index (κ1) is 14.5. The van der Waals surface area contributed by atoms with Crippen LogP contribution in [-0.4, -0.2) is 30.4 Å². The van der Waals surface area contributed by atoms with Gasteiger partial charge in [0.05, 0.1) is 12.6 Å². The summed E-state index contributed by atoms with van der Waals surface area (Å²) in [5.41, 5.74) is 1.37. The fourth-order valence-corrected chi connectivity index (χ4v) is 4.53. The van der Waals surface area contributed by atoms with Crippen molar-refractivity contribution in [1.29, 1.82) is 0 Å². The normalized spacial score (nSPS) is 18.2. The fourth-order valence-electron chi connectivity index (χ4n) is 2.75. The Labute approximate surface area is 132 Å². The molecule has 5 heteroatoms. The van der Waals surface area contributed by atoms with Crippen molar-refractivity contribution in [2.45, 2.75) is 12.5 Å². The van der Waals surface area contributed by atoms with Gasteiger partial charge in [0.15, 0.2) is 0 Å². The zero-order chi connectivity index (χ0) is 14.7. The van der Waals surface area contributed by atoms with Crippen LogP contribution in [0.3, 0.4) is 0 Å². The predicted molar refractivity (Wildman–Crippen MR) is 89.0 cm³/mol. The van der Waals surface area contributed by atoms with E-state index in [2.05, 4.69) is 45.8 Å². The van der Waals surface area contributed by atoms with Crippen LogP contribution in [0.25, 0.3) is 0 Å². The van der Waals surface area contributed by atoms with Crippen LogP contribution in [0.4, 0.5) is 0 Å². The molecule has 110 valence electrons. The Bertz CT molecular complexity index is 618. The van der Waals surface area contributed by atoms with Crippen molar-refractivity contribution in [1.82, 2.24) is 10.2 Å². The standard InChI is InChI=1S/C16H18N2OS2/c1-2-7-17-15(19)11-18-8-5-13-12(6-10-21-13)16(18)14-4-3-9-20-14/h2-4,6,9-10,16H,1,5,7-8,11H2,(H,17,19)/t16-/m0/s1. The summed E-state index contributed by atoms with van der Waals surface area (Å²) in [7, 11) is 0. The highest BCUT2D eigenvalue weighted by Gasteiger charge is 2.31. The molecule has 2 aromatic heterocycles. The average Bonchev–Trinajstić information content (AvgIpc) is 3.15. The lowest BCUT2D eigenvalue weighted by Gasteiger charge is -2.34. The summed E-state index contributed by atoms with van der Waals surface area (Å²) in [5, 5.41) is 7.13. The van der Waals surface area contributed by atoms with E-state index in [4.69, 9.17) is 0 Å². The Hall–Kier alpha value is -1.43. The van der Waals surface area contributed by atoms with Crippen molar-refractivity contribution in [3.8, 4) is 0 Å². The van der Waals surface area contributed by atoms with Crippen molar-refractivity contribution in [3.63, 3.8) is 0 Å². The second-order valence-electron chi connectivity index (χ2n) is 5.03. The Morgan fingerprint density at radius 3 is 3.10 bits per heavy atom. The summed E-state index contributed by atoms with van der Waals surface area (Å²) in [5.74, 6) is 0.0649. The minimum atomic E-state index is 0.0649.